The second-order valence-corrected chi connectivity index (χ2v) is 6.77. The molecule has 0 saturated carbocycles. The van der Waals surface area contributed by atoms with Crippen LogP contribution in [0, 0.1) is 12.8 Å². The topological polar surface area (TPSA) is 57.9 Å². The van der Waals surface area contributed by atoms with Crippen molar-refractivity contribution in [3.8, 4) is 0 Å². The largest absolute Gasteiger partial charge is 0.379 e. The van der Waals surface area contributed by atoms with Gasteiger partial charge < -0.3 is 15.0 Å². The number of aromatic nitrogens is 2. The molecule has 1 aromatic heterocycles. The predicted octanol–water partition coefficient (Wildman–Crippen LogP) is 1.04. The van der Waals surface area contributed by atoms with Crippen molar-refractivity contribution >= 4 is 29.9 Å². The Morgan fingerprint density at radius 3 is 2.84 bits per heavy atom. The highest BCUT2D eigenvalue weighted by Crippen LogP contribution is 2.18. The first kappa shape index (κ1) is 20.4. The number of halogens is 1. The molecule has 0 bridgehead atoms. The van der Waals surface area contributed by atoms with Gasteiger partial charge in [0.05, 0.1) is 26.0 Å². The standard InChI is InChI=1S/C17H30N6O.HI/c1-15-11-20-23(12-15)6-4-19-17(18-2)22-5-3-16(14-22)13-21-7-9-24-10-8-21;/h11-12,16H,3-10,13-14H2,1-2H3,(H,18,19);1H. The number of likely N-dealkylation sites (tertiary alicyclic amines) is 1. The Balaban J connectivity index is 0.00000225. The zero-order valence-electron chi connectivity index (χ0n) is 15.4. The summed E-state index contributed by atoms with van der Waals surface area (Å²) < 4.78 is 7.41. The van der Waals surface area contributed by atoms with Gasteiger partial charge in [-0.05, 0) is 24.8 Å². The lowest BCUT2D eigenvalue weighted by Crippen LogP contribution is -2.43. The molecule has 25 heavy (non-hydrogen) atoms. The van der Waals surface area contributed by atoms with Crippen LogP contribution in [0.3, 0.4) is 0 Å². The summed E-state index contributed by atoms with van der Waals surface area (Å²) in [5.41, 5.74) is 1.20. The molecular formula is C17H31IN6O. The summed E-state index contributed by atoms with van der Waals surface area (Å²) in [7, 11) is 1.87. The molecule has 0 aliphatic carbocycles. The third kappa shape index (κ3) is 6.10. The second-order valence-electron chi connectivity index (χ2n) is 6.77. The molecule has 0 spiro atoms. The summed E-state index contributed by atoms with van der Waals surface area (Å²) >= 11 is 0. The monoisotopic (exact) mass is 462 g/mol. The van der Waals surface area contributed by atoms with Gasteiger partial charge in [0, 0.05) is 52.5 Å². The molecule has 0 amide bonds. The van der Waals surface area contributed by atoms with Crippen molar-refractivity contribution in [2.75, 3.05) is 59.5 Å². The third-order valence-corrected chi connectivity index (χ3v) is 4.80. The number of aliphatic imine (C=N–C) groups is 1. The molecule has 1 N–H and O–H groups in total. The Morgan fingerprint density at radius 2 is 2.16 bits per heavy atom. The van der Waals surface area contributed by atoms with E-state index >= 15 is 0 Å². The molecule has 2 fully saturated rings. The Labute approximate surface area is 167 Å². The Bertz CT molecular complexity index is 543. The number of morpholine rings is 1. The maximum Gasteiger partial charge on any atom is 0.193 e. The minimum Gasteiger partial charge on any atom is -0.379 e. The number of nitrogens with zero attached hydrogens (tertiary/aromatic N) is 5. The summed E-state index contributed by atoms with van der Waals surface area (Å²) in [6.45, 7) is 11.1. The number of aryl methyl sites for hydroxylation is 1. The fourth-order valence-corrected chi connectivity index (χ4v) is 3.53. The molecule has 1 aromatic rings. The Morgan fingerprint density at radius 1 is 1.36 bits per heavy atom. The molecule has 8 heteroatoms. The van der Waals surface area contributed by atoms with E-state index in [0.29, 0.717) is 0 Å². The average molecular weight is 462 g/mol. The fourth-order valence-electron chi connectivity index (χ4n) is 3.53. The van der Waals surface area contributed by atoms with Crippen LogP contribution < -0.4 is 5.32 Å². The highest BCUT2D eigenvalue weighted by molar-refractivity contribution is 14.0. The van der Waals surface area contributed by atoms with Gasteiger partial charge in [0.25, 0.3) is 0 Å². The molecule has 2 aliphatic heterocycles. The molecule has 1 atom stereocenters. The van der Waals surface area contributed by atoms with E-state index in [1.807, 2.05) is 17.9 Å². The van der Waals surface area contributed by atoms with E-state index in [9.17, 15) is 0 Å². The van der Waals surface area contributed by atoms with Gasteiger partial charge in [-0.3, -0.25) is 14.6 Å². The van der Waals surface area contributed by atoms with Gasteiger partial charge in [-0.1, -0.05) is 0 Å². The summed E-state index contributed by atoms with van der Waals surface area (Å²) in [6.07, 6.45) is 5.21. The maximum absolute atomic E-state index is 5.43. The van der Waals surface area contributed by atoms with Crippen molar-refractivity contribution in [1.29, 1.82) is 0 Å². The van der Waals surface area contributed by atoms with E-state index < -0.39 is 0 Å². The third-order valence-electron chi connectivity index (χ3n) is 4.80. The lowest BCUT2D eigenvalue weighted by atomic mass is 10.1. The van der Waals surface area contributed by atoms with Crippen molar-refractivity contribution in [3.05, 3.63) is 18.0 Å². The number of rotatable bonds is 5. The van der Waals surface area contributed by atoms with Crippen LogP contribution in [0.1, 0.15) is 12.0 Å². The van der Waals surface area contributed by atoms with Crippen LogP contribution in [0.15, 0.2) is 17.4 Å². The van der Waals surface area contributed by atoms with Crippen LogP contribution in [0.4, 0.5) is 0 Å². The summed E-state index contributed by atoms with van der Waals surface area (Å²) in [6, 6.07) is 0. The maximum atomic E-state index is 5.43. The molecule has 7 nitrogen and oxygen atoms in total. The zero-order valence-corrected chi connectivity index (χ0v) is 17.7. The minimum atomic E-state index is 0. The molecule has 3 rings (SSSR count). The van der Waals surface area contributed by atoms with Crippen molar-refractivity contribution in [1.82, 2.24) is 24.9 Å². The summed E-state index contributed by atoms with van der Waals surface area (Å²) in [5, 5.41) is 7.80. The van der Waals surface area contributed by atoms with Gasteiger partial charge >= 0.3 is 0 Å². The average Bonchev–Trinajstić information content (AvgIpc) is 3.22. The Kier molecular flexibility index (Phi) is 8.44. The number of ether oxygens (including phenoxy) is 1. The van der Waals surface area contributed by atoms with Crippen molar-refractivity contribution in [3.63, 3.8) is 0 Å². The van der Waals surface area contributed by atoms with Gasteiger partial charge in [-0.2, -0.15) is 5.10 Å². The molecule has 0 radical (unpaired) electrons. The van der Waals surface area contributed by atoms with Gasteiger partial charge in [0.1, 0.15) is 0 Å². The van der Waals surface area contributed by atoms with E-state index in [1.165, 1.54) is 18.5 Å². The Hall–Kier alpha value is -0.870. The van der Waals surface area contributed by atoms with Crippen LogP contribution in [0.2, 0.25) is 0 Å². The lowest BCUT2D eigenvalue weighted by molar-refractivity contribution is 0.0315. The van der Waals surface area contributed by atoms with Gasteiger partial charge in [-0.15, -0.1) is 24.0 Å². The molecular weight excluding hydrogens is 431 g/mol. The first-order valence-corrected chi connectivity index (χ1v) is 8.99. The van der Waals surface area contributed by atoms with Crippen LogP contribution in [-0.2, 0) is 11.3 Å². The molecule has 1 unspecified atom stereocenters. The van der Waals surface area contributed by atoms with Gasteiger partial charge in [0.15, 0.2) is 5.96 Å². The smallest absolute Gasteiger partial charge is 0.193 e. The second kappa shape index (κ2) is 10.3. The summed E-state index contributed by atoms with van der Waals surface area (Å²) in [4.78, 5) is 9.38. The zero-order chi connectivity index (χ0) is 16.8. The number of nitrogens with one attached hydrogen (secondary N) is 1. The highest BCUT2D eigenvalue weighted by atomic mass is 127. The van der Waals surface area contributed by atoms with Crippen molar-refractivity contribution in [2.45, 2.75) is 19.9 Å². The van der Waals surface area contributed by atoms with Crippen LogP contribution in [-0.4, -0.2) is 85.1 Å². The van der Waals surface area contributed by atoms with Crippen molar-refractivity contribution < 1.29 is 4.74 Å². The first-order chi connectivity index (χ1) is 11.7. The molecule has 3 heterocycles. The predicted molar refractivity (Wildman–Crippen MR) is 111 cm³/mol. The minimum absolute atomic E-state index is 0. The fraction of sp³-hybridized carbons (Fsp3) is 0.765. The molecule has 2 aliphatic rings. The van der Waals surface area contributed by atoms with Crippen LogP contribution in [0.5, 0.6) is 0 Å². The van der Waals surface area contributed by atoms with Gasteiger partial charge in [0.2, 0.25) is 0 Å². The molecule has 0 aromatic carbocycles. The first-order valence-electron chi connectivity index (χ1n) is 8.99. The van der Waals surface area contributed by atoms with Gasteiger partial charge in [-0.25, -0.2) is 0 Å². The number of hydrogen-bond donors (Lipinski definition) is 1. The normalized spacial score (nSPS) is 22.1. The van der Waals surface area contributed by atoms with E-state index in [2.05, 4.69) is 38.3 Å². The van der Waals surface area contributed by atoms with Crippen molar-refractivity contribution in [2.24, 2.45) is 10.9 Å². The lowest BCUT2D eigenvalue weighted by Gasteiger charge is -2.29. The molecule has 142 valence electrons. The van der Waals surface area contributed by atoms with Crippen LogP contribution >= 0.6 is 24.0 Å². The van der Waals surface area contributed by atoms with E-state index in [0.717, 1.165) is 64.4 Å². The van der Waals surface area contributed by atoms with Crippen LogP contribution in [0.25, 0.3) is 0 Å². The molecule has 2 saturated heterocycles. The van der Waals surface area contributed by atoms with E-state index in [4.69, 9.17) is 4.74 Å². The summed E-state index contributed by atoms with van der Waals surface area (Å²) in [5.74, 6) is 1.75. The van der Waals surface area contributed by atoms with E-state index in [-0.39, 0.29) is 24.0 Å². The highest BCUT2D eigenvalue weighted by Gasteiger charge is 2.26. The number of guanidine groups is 1. The SMILES string of the molecule is CN=C(NCCn1cc(C)cn1)N1CCC(CN2CCOCC2)C1.I. The number of hydrogen-bond acceptors (Lipinski definition) is 4. The van der Waals surface area contributed by atoms with E-state index in [1.54, 1.807) is 0 Å². The quantitative estimate of drug-likeness (QED) is 0.403.